The highest BCUT2D eigenvalue weighted by atomic mass is 35.5. The van der Waals surface area contributed by atoms with Crippen molar-refractivity contribution >= 4 is 29.3 Å². The van der Waals surface area contributed by atoms with E-state index < -0.39 is 11.9 Å². The van der Waals surface area contributed by atoms with Crippen molar-refractivity contribution in [3.63, 3.8) is 0 Å². The van der Waals surface area contributed by atoms with Crippen LogP contribution in [0.5, 0.6) is 0 Å². The molecule has 0 unspecified atom stereocenters. The second kappa shape index (κ2) is 5.11. The molecule has 98 valence electrons. The maximum Gasteiger partial charge on any atom is 0.341 e. The third-order valence-corrected chi connectivity index (χ3v) is 2.72. The number of carboxylic acid groups (broad SMARTS) is 1. The van der Waals surface area contributed by atoms with Crippen LogP contribution in [0, 0.1) is 0 Å². The summed E-state index contributed by atoms with van der Waals surface area (Å²) in [5, 5.41) is 15.7. The van der Waals surface area contributed by atoms with Crippen LogP contribution < -0.4 is 5.32 Å². The molecule has 2 rings (SSSR count). The number of hydrogen-bond donors (Lipinski definition) is 2. The fourth-order valence-electron chi connectivity index (χ4n) is 1.55. The Morgan fingerprint density at radius 1 is 1.42 bits per heavy atom. The van der Waals surface area contributed by atoms with Gasteiger partial charge in [-0.2, -0.15) is 5.10 Å². The molecule has 0 aliphatic heterocycles. The molecule has 1 aromatic carbocycles. The van der Waals surface area contributed by atoms with E-state index in [-0.39, 0.29) is 11.4 Å². The molecule has 1 heterocycles. The quantitative estimate of drug-likeness (QED) is 0.900. The molecule has 0 atom stereocenters. The van der Waals surface area contributed by atoms with Gasteiger partial charge in [-0.25, -0.2) is 4.79 Å². The first-order valence-electron chi connectivity index (χ1n) is 5.31. The number of aromatic carboxylic acids is 1. The van der Waals surface area contributed by atoms with Crippen LogP contribution in [0.1, 0.15) is 20.7 Å². The fraction of sp³-hybridized carbons (Fsp3) is 0.0833. The Hall–Kier alpha value is -2.34. The van der Waals surface area contributed by atoms with E-state index in [0.29, 0.717) is 10.6 Å². The van der Waals surface area contributed by atoms with Gasteiger partial charge in [0.05, 0.1) is 6.20 Å². The van der Waals surface area contributed by atoms with Crippen molar-refractivity contribution in [3.8, 4) is 0 Å². The minimum Gasteiger partial charge on any atom is -0.477 e. The molecule has 0 fully saturated rings. The third kappa shape index (κ3) is 2.74. The van der Waals surface area contributed by atoms with Gasteiger partial charge in [-0.3, -0.25) is 9.48 Å². The lowest BCUT2D eigenvalue weighted by Gasteiger charge is -2.07. The Balaban J connectivity index is 2.29. The van der Waals surface area contributed by atoms with Gasteiger partial charge in [0, 0.05) is 17.6 Å². The molecule has 6 nitrogen and oxygen atoms in total. The molecule has 1 amide bonds. The molecule has 19 heavy (non-hydrogen) atoms. The lowest BCUT2D eigenvalue weighted by Crippen LogP contribution is -2.16. The molecule has 0 aliphatic carbocycles. The molecule has 0 saturated heterocycles. The Labute approximate surface area is 113 Å². The van der Waals surface area contributed by atoms with Crippen LogP contribution in [-0.2, 0) is 7.05 Å². The van der Waals surface area contributed by atoms with E-state index in [1.165, 1.54) is 16.9 Å². The summed E-state index contributed by atoms with van der Waals surface area (Å²) in [5.74, 6) is -1.49. The van der Waals surface area contributed by atoms with Crippen LogP contribution in [0.4, 0.5) is 5.82 Å². The summed E-state index contributed by atoms with van der Waals surface area (Å²) in [6.45, 7) is 0. The van der Waals surface area contributed by atoms with Crippen molar-refractivity contribution < 1.29 is 14.7 Å². The second-order valence-electron chi connectivity index (χ2n) is 3.80. The highest BCUT2D eigenvalue weighted by Gasteiger charge is 2.17. The average molecular weight is 280 g/mol. The number of carbonyl (C=O) groups is 2. The van der Waals surface area contributed by atoms with Gasteiger partial charge in [0.1, 0.15) is 11.4 Å². The Kier molecular flexibility index (Phi) is 3.52. The maximum absolute atomic E-state index is 12.0. The molecule has 0 aliphatic rings. The monoisotopic (exact) mass is 279 g/mol. The summed E-state index contributed by atoms with van der Waals surface area (Å²) in [6, 6.07) is 6.36. The first kappa shape index (κ1) is 13.1. The van der Waals surface area contributed by atoms with Gasteiger partial charge in [0.25, 0.3) is 5.91 Å². The minimum absolute atomic E-state index is 0.0714. The molecule has 0 saturated carbocycles. The third-order valence-electron chi connectivity index (χ3n) is 2.49. The first-order valence-corrected chi connectivity index (χ1v) is 5.69. The number of amides is 1. The van der Waals surface area contributed by atoms with Gasteiger partial charge in [0.15, 0.2) is 0 Å². The first-order chi connectivity index (χ1) is 8.99. The summed E-state index contributed by atoms with van der Waals surface area (Å²) in [7, 11) is 1.54. The average Bonchev–Trinajstić information content (AvgIpc) is 2.71. The highest BCUT2D eigenvalue weighted by molar-refractivity contribution is 6.31. The molecule has 1 aromatic heterocycles. The van der Waals surface area contributed by atoms with Crippen molar-refractivity contribution in [3.05, 3.63) is 46.6 Å². The van der Waals surface area contributed by atoms with Crippen LogP contribution in [0.2, 0.25) is 5.02 Å². The zero-order valence-corrected chi connectivity index (χ0v) is 10.7. The van der Waals surface area contributed by atoms with E-state index in [0.717, 1.165) is 0 Å². The van der Waals surface area contributed by atoms with Gasteiger partial charge in [-0.1, -0.05) is 17.7 Å². The summed E-state index contributed by atoms with van der Waals surface area (Å²) in [4.78, 5) is 23.0. The normalized spacial score (nSPS) is 10.2. The number of aryl methyl sites for hydroxylation is 1. The van der Waals surface area contributed by atoms with Gasteiger partial charge >= 0.3 is 5.97 Å². The molecule has 2 N–H and O–H groups in total. The zero-order valence-electron chi connectivity index (χ0n) is 9.92. The smallest absolute Gasteiger partial charge is 0.341 e. The summed E-state index contributed by atoms with van der Waals surface area (Å²) < 4.78 is 1.28. The minimum atomic E-state index is -1.16. The number of carbonyl (C=O) groups excluding carboxylic acids is 1. The number of hydrogen-bond acceptors (Lipinski definition) is 3. The number of nitrogens with zero attached hydrogens (tertiary/aromatic N) is 2. The summed E-state index contributed by atoms with van der Waals surface area (Å²) >= 11 is 5.79. The lowest BCUT2D eigenvalue weighted by molar-refractivity contribution is 0.0698. The number of nitrogens with one attached hydrogen (secondary N) is 1. The largest absolute Gasteiger partial charge is 0.477 e. The number of benzene rings is 1. The number of aromatic nitrogens is 2. The van der Waals surface area contributed by atoms with Crippen LogP contribution in [0.25, 0.3) is 0 Å². The molecule has 0 radical (unpaired) electrons. The van der Waals surface area contributed by atoms with Crippen molar-refractivity contribution in [1.82, 2.24) is 9.78 Å². The maximum atomic E-state index is 12.0. The van der Waals surface area contributed by atoms with Crippen molar-refractivity contribution in [2.24, 2.45) is 7.05 Å². The van der Waals surface area contributed by atoms with E-state index in [2.05, 4.69) is 10.4 Å². The number of rotatable bonds is 3. The Morgan fingerprint density at radius 3 is 2.79 bits per heavy atom. The van der Waals surface area contributed by atoms with Crippen molar-refractivity contribution in [2.45, 2.75) is 0 Å². The standard InChI is InChI=1S/C12H10ClN3O3/c1-16-10(9(6-14-16)12(18)19)15-11(17)7-3-2-4-8(13)5-7/h2-6H,1H3,(H,15,17)(H,18,19). The van der Waals surface area contributed by atoms with Gasteiger partial charge in [0.2, 0.25) is 0 Å². The Morgan fingerprint density at radius 2 is 2.16 bits per heavy atom. The summed E-state index contributed by atoms with van der Waals surface area (Å²) in [6.07, 6.45) is 1.18. The van der Waals surface area contributed by atoms with E-state index in [1.54, 1.807) is 25.2 Å². The van der Waals surface area contributed by atoms with E-state index in [9.17, 15) is 9.59 Å². The van der Waals surface area contributed by atoms with Crippen LogP contribution >= 0.6 is 11.6 Å². The topological polar surface area (TPSA) is 84.2 Å². The fourth-order valence-corrected chi connectivity index (χ4v) is 1.74. The molecule has 2 aromatic rings. The van der Waals surface area contributed by atoms with Gasteiger partial charge in [-0.05, 0) is 18.2 Å². The van der Waals surface area contributed by atoms with E-state index in [4.69, 9.17) is 16.7 Å². The second-order valence-corrected chi connectivity index (χ2v) is 4.24. The molecule has 0 spiro atoms. The zero-order chi connectivity index (χ0) is 14.0. The van der Waals surface area contributed by atoms with E-state index >= 15 is 0 Å². The van der Waals surface area contributed by atoms with Gasteiger partial charge in [-0.15, -0.1) is 0 Å². The summed E-state index contributed by atoms with van der Waals surface area (Å²) in [5.41, 5.74) is 0.267. The van der Waals surface area contributed by atoms with Gasteiger partial charge < -0.3 is 10.4 Å². The number of halogens is 1. The predicted octanol–water partition coefficient (Wildman–Crippen LogP) is 2.02. The Bertz CT molecular complexity index is 651. The van der Waals surface area contributed by atoms with Crippen molar-refractivity contribution in [1.29, 1.82) is 0 Å². The number of anilines is 1. The highest BCUT2D eigenvalue weighted by Crippen LogP contribution is 2.16. The molecular weight excluding hydrogens is 270 g/mol. The molecule has 7 heteroatoms. The van der Waals surface area contributed by atoms with Crippen LogP contribution in [-0.4, -0.2) is 26.8 Å². The number of carboxylic acids is 1. The van der Waals surface area contributed by atoms with E-state index in [1.807, 2.05) is 0 Å². The van der Waals surface area contributed by atoms with Crippen LogP contribution in [0.3, 0.4) is 0 Å². The van der Waals surface area contributed by atoms with Crippen LogP contribution in [0.15, 0.2) is 30.5 Å². The molecular formula is C12H10ClN3O3. The predicted molar refractivity (Wildman–Crippen MR) is 69.6 cm³/mol. The lowest BCUT2D eigenvalue weighted by atomic mass is 10.2. The SMILES string of the molecule is Cn1ncc(C(=O)O)c1NC(=O)c1cccc(Cl)c1. The molecule has 0 bridgehead atoms. The van der Waals surface area contributed by atoms with Crippen molar-refractivity contribution in [2.75, 3.05) is 5.32 Å².